The molecule has 0 aromatic heterocycles. The van der Waals surface area contributed by atoms with Gasteiger partial charge in [-0.05, 0) is 37.6 Å². The Bertz CT molecular complexity index is 472. The molecule has 1 heterocycles. The van der Waals surface area contributed by atoms with Crippen molar-refractivity contribution in [3.63, 3.8) is 0 Å². The number of hydrogen-bond acceptors (Lipinski definition) is 3. The van der Waals surface area contributed by atoms with Crippen molar-refractivity contribution in [1.82, 2.24) is 10.2 Å². The van der Waals surface area contributed by atoms with Gasteiger partial charge in [0.1, 0.15) is 0 Å². The number of nitrogens with zero attached hydrogens (tertiary/aromatic N) is 2. The van der Waals surface area contributed by atoms with Gasteiger partial charge >= 0.3 is 0 Å². The lowest BCUT2D eigenvalue weighted by molar-refractivity contribution is -0.128. The summed E-state index contributed by atoms with van der Waals surface area (Å²) in [4.78, 5) is 16.2. The number of likely N-dealkylation sites (tertiary alicyclic amines) is 1. The van der Waals surface area contributed by atoms with Crippen LogP contribution in [-0.2, 0) is 11.3 Å². The van der Waals surface area contributed by atoms with E-state index < -0.39 is 0 Å². The zero-order valence-electron chi connectivity index (χ0n) is 12.2. The lowest BCUT2D eigenvalue weighted by Gasteiger charge is -2.25. The molecule has 1 aromatic rings. The number of rotatable bonds is 5. The van der Waals surface area contributed by atoms with E-state index in [9.17, 15) is 4.79 Å². The van der Waals surface area contributed by atoms with E-state index in [2.05, 4.69) is 33.4 Å². The summed E-state index contributed by atoms with van der Waals surface area (Å²) in [6.07, 6.45) is 2.27. The van der Waals surface area contributed by atoms with Gasteiger partial charge in [-0.2, -0.15) is 0 Å². The fraction of sp³-hybridized carbons (Fsp3) is 0.533. The van der Waals surface area contributed by atoms with Crippen LogP contribution in [0.5, 0.6) is 0 Å². The molecule has 0 saturated carbocycles. The van der Waals surface area contributed by atoms with Crippen molar-refractivity contribution in [3.05, 3.63) is 28.2 Å². The van der Waals surface area contributed by atoms with E-state index in [1.807, 2.05) is 30.0 Å². The van der Waals surface area contributed by atoms with Gasteiger partial charge in [0.05, 0.1) is 6.54 Å². The van der Waals surface area contributed by atoms with E-state index in [4.69, 9.17) is 0 Å². The fourth-order valence-corrected chi connectivity index (χ4v) is 2.94. The first kappa shape index (κ1) is 15.3. The van der Waals surface area contributed by atoms with Crippen molar-refractivity contribution in [2.24, 2.45) is 0 Å². The summed E-state index contributed by atoms with van der Waals surface area (Å²) in [7, 11) is 3.91. The molecule has 1 N–H and O–H groups in total. The molecule has 2 rings (SSSR count). The van der Waals surface area contributed by atoms with Gasteiger partial charge in [-0.25, -0.2) is 0 Å². The van der Waals surface area contributed by atoms with Gasteiger partial charge in [-0.15, -0.1) is 0 Å². The van der Waals surface area contributed by atoms with Crippen LogP contribution in [-0.4, -0.2) is 44.5 Å². The van der Waals surface area contributed by atoms with E-state index in [0.29, 0.717) is 6.54 Å². The van der Waals surface area contributed by atoms with Gasteiger partial charge < -0.3 is 15.1 Å². The molecule has 0 aliphatic carbocycles. The number of carbonyl (C=O) groups excluding carboxylic acids is 1. The maximum absolute atomic E-state index is 12.2. The van der Waals surface area contributed by atoms with E-state index in [-0.39, 0.29) is 5.91 Å². The second-order valence-electron chi connectivity index (χ2n) is 5.25. The maximum Gasteiger partial charge on any atom is 0.242 e. The second-order valence-corrected chi connectivity index (χ2v) is 6.16. The van der Waals surface area contributed by atoms with Crippen LogP contribution in [0.1, 0.15) is 18.4 Å². The quantitative estimate of drug-likeness (QED) is 0.893. The van der Waals surface area contributed by atoms with Crippen LogP contribution in [0.4, 0.5) is 5.69 Å². The first-order chi connectivity index (χ1) is 9.61. The fourth-order valence-electron chi connectivity index (χ4n) is 2.59. The van der Waals surface area contributed by atoms with Gasteiger partial charge in [0.2, 0.25) is 5.91 Å². The molecular weight excluding hydrogens is 318 g/mol. The second kappa shape index (κ2) is 7.09. The molecule has 1 fully saturated rings. The van der Waals surface area contributed by atoms with Crippen LogP contribution >= 0.6 is 15.9 Å². The van der Waals surface area contributed by atoms with Gasteiger partial charge in [-0.3, -0.25) is 4.79 Å². The van der Waals surface area contributed by atoms with Crippen LogP contribution in [0, 0.1) is 0 Å². The van der Waals surface area contributed by atoms with Crippen molar-refractivity contribution in [1.29, 1.82) is 0 Å². The highest BCUT2D eigenvalue weighted by atomic mass is 79.9. The maximum atomic E-state index is 12.2. The summed E-state index contributed by atoms with van der Waals surface area (Å²) in [6.45, 7) is 3.06. The van der Waals surface area contributed by atoms with E-state index in [1.165, 1.54) is 5.56 Å². The van der Waals surface area contributed by atoms with Gasteiger partial charge in [-0.1, -0.05) is 22.0 Å². The molecule has 1 amide bonds. The standard InChI is InChI=1S/C15H22BrN3O/c1-17-10-12-5-6-13(16)9-14(12)18(2)11-15(20)19-7-3-4-8-19/h5-6,9,17H,3-4,7-8,10-11H2,1-2H3. The Hall–Kier alpha value is -1.07. The molecule has 110 valence electrons. The molecule has 1 aliphatic heterocycles. The third kappa shape index (κ3) is 3.73. The summed E-state index contributed by atoms with van der Waals surface area (Å²) in [5.74, 6) is 0.223. The highest BCUT2D eigenvalue weighted by Gasteiger charge is 2.20. The molecule has 1 aromatic carbocycles. The molecular formula is C15H22BrN3O. The number of amides is 1. The van der Waals surface area contributed by atoms with Crippen LogP contribution in [0.2, 0.25) is 0 Å². The van der Waals surface area contributed by atoms with Crippen molar-refractivity contribution < 1.29 is 4.79 Å². The molecule has 0 atom stereocenters. The molecule has 0 bridgehead atoms. The summed E-state index contributed by atoms with van der Waals surface area (Å²) >= 11 is 3.51. The molecule has 1 saturated heterocycles. The summed E-state index contributed by atoms with van der Waals surface area (Å²) in [6, 6.07) is 6.20. The Balaban J connectivity index is 2.09. The molecule has 0 unspecified atom stereocenters. The number of halogens is 1. The molecule has 0 radical (unpaired) electrons. The zero-order chi connectivity index (χ0) is 14.5. The third-order valence-corrected chi connectivity index (χ3v) is 4.15. The van der Waals surface area contributed by atoms with E-state index >= 15 is 0 Å². The van der Waals surface area contributed by atoms with Crippen molar-refractivity contribution >= 4 is 27.5 Å². The normalized spacial score (nSPS) is 14.7. The van der Waals surface area contributed by atoms with E-state index in [1.54, 1.807) is 0 Å². The minimum Gasteiger partial charge on any atom is -0.365 e. The Morgan fingerprint density at radius 3 is 2.75 bits per heavy atom. The Labute approximate surface area is 129 Å². The zero-order valence-corrected chi connectivity index (χ0v) is 13.7. The first-order valence-corrected chi connectivity index (χ1v) is 7.83. The minimum atomic E-state index is 0.223. The summed E-state index contributed by atoms with van der Waals surface area (Å²) in [5.41, 5.74) is 2.30. The molecule has 20 heavy (non-hydrogen) atoms. The Morgan fingerprint density at radius 2 is 2.10 bits per heavy atom. The van der Waals surface area contributed by atoms with Gasteiger partial charge in [0, 0.05) is 36.8 Å². The SMILES string of the molecule is CNCc1ccc(Br)cc1N(C)CC(=O)N1CCCC1. The van der Waals surface area contributed by atoms with Gasteiger partial charge in [0.15, 0.2) is 0 Å². The largest absolute Gasteiger partial charge is 0.365 e. The highest BCUT2D eigenvalue weighted by molar-refractivity contribution is 9.10. The van der Waals surface area contributed by atoms with Crippen LogP contribution < -0.4 is 10.2 Å². The van der Waals surface area contributed by atoms with Crippen LogP contribution in [0.25, 0.3) is 0 Å². The topological polar surface area (TPSA) is 35.6 Å². The number of benzene rings is 1. The average Bonchev–Trinajstić information content (AvgIpc) is 2.95. The molecule has 5 heteroatoms. The predicted molar refractivity (Wildman–Crippen MR) is 86.0 cm³/mol. The monoisotopic (exact) mass is 339 g/mol. The number of nitrogens with one attached hydrogen (secondary N) is 1. The molecule has 1 aliphatic rings. The lowest BCUT2D eigenvalue weighted by atomic mass is 10.1. The summed E-state index contributed by atoms with van der Waals surface area (Å²) in [5, 5.41) is 3.17. The van der Waals surface area contributed by atoms with Gasteiger partial charge in [0.25, 0.3) is 0 Å². The third-order valence-electron chi connectivity index (χ3n) is 3.66. The molecule has 0 spiro atoms. The molecule has 4 nitrogen and oxygen atoms in total. The average molecular weight is 340 g/mol. The smallest absolute Gasteiger partial charge is 0.242 e. The van der Waals surface area contributed by atoms with Crippen molar-refractivity contribution in [2.75, 3.05) is 38.6 Å². The van der Waals surface area contributed by atoms with Crippen LogP contribution in [0.15, 0.2) is 22.7 Å². The summed E-state index contributed by atoms with van der Waals surface area (Å²) < 4.78 is 1.04. The first-order valence-electron chi connectivity index (χ1n) is 7.03. The highest BCUT2D eigenvalue weighted by Crippen LogP contribution is 2.24. The Kier molecular flexibility index (Phi) is 5.43. The minimum absolute atomic E-state index is 0.223. The predicted octanol–water partition coefficient (Wildman–Crippen LogP) is 2.23. The number of carbonyl (C=O) groups is 1. The van der Waals surface area contributed by atoms with Crippen molar-refractivity contribution in [3.8, 4) is 0 Å². The van der Waals surface area contributed by atoms with E-state index in [0.717, 1.165) is 42.6 Å². The lowest BCUT2D eigenvalue weighted by Crippen LogP contribution is -2.37. The number of likely N-dealkylation sites (N-methyl/N-ethyl adjacent to an activating group) is 1. The Morgan fingerprint density at radius 1 is 1.40 bits per heavy atom. The van der Waals surface area contributed by atoms with Crippen LogP contribution in [0.3, 0.4) is 0 Å². The number of anilines is 1. The number of hydrogen-bond donors (Lipinski definition) is 1. The van der Waals surface area contributed by atoms with Crippen molar-refractivity contribution in [2.45, 2.75) is 19.4 Å².